The maximum atomic E-state index is 11.4. The van der Waals surface area contributed by atoms with E-state index in [1.54, 1.807) is 0 Å². The van der Waals surface area contributed by atoms with E-state index in [0.717, 1.165) is 0 Å². The number of hydrogen-bond donors (Lipinski definition) is 1. The molecule has 0 heterocycles. The number of ether oxygens (including phenoxy) is 1. The maximum Gasteiger partial charge on any atom is 0.307 e. The molecule has 0 aromatic heterocycles. The van der Waals surface area contributed by atoms with Crippen molar-refractivity contribution < 1.29 is 9.53 Å². The molecule has 0 aliphatic rings. The molecule has 1 rings (SSSR count). The molecule has 0 saturated carbocycles. The van der Waals surface area contributed by atoms with E-state index < -0.39 is 0 Å². The molecular formula is C15H23NO2. The molecule has 0 aliphatic carbocycles. The molecule has 0 amide bonds. The third-order valence-corrected chi connectivity index (χ3v) is 2.85. The third-order valence-electron chi connectivity index (χ3n) is 2.85. The second-order valence-electron chi connectivity index (χ2n) is 4.71. The highest BCUT2D eigenvalue weighted by Gasteiger charge is 2.13. The quantitative estimate of drug-likeness (QED) is 0.788. The van der Waals surface area contributed by atoms with Crippen LogP contribution in [0.1, 0.15) is 44.4 Å². The summed E-state index contributed by atoms with van der Waals surface area (Å²) in [4.78, 5) is 11.4. The first-order chi connectivity index (χ1) is 8.52. The van der Waals surface area contributed by atoms with E-state index in [9.17, 15) is 4.79 Å². The SMILES string of the molecule is CCOC(=O)CC(C)N[C@@H](C)c1cccc(C)c1. The van der Waals surface area contributed by atoms with Crippen LogP contribution in [0.2, 0.25) is 0 Å². The summed E-state index contributed by atoms with van der Waals surface area (Å²) in [7, 11) is 0. The molecule has 1 unspecified atom stereocenters. The normalized spacial score (nSPS) is 14.0. The molecule has 3 nitrogen and oxygen atoms in total. The van der Waals surface area contributed by atoms with Gasteiger partial charge in [-0.3, -0.25) is 4.79 Å². The molecule has 0 spiro atoms. The van der Waals surface area contributed by atoms with Gasteiger partial charge in [-0.2, -0.15) is 0 Å². The molecule has 0 fully saturated rings. The lowest BCUT2D eigenvalue weighted by atomic mass is 10.0. The Hall–Kier alpha value is -1.35. The van der Waals surface area contributed by atoms with Gasteiger partial charge in [-0.15, -0.1) is 0 Å². The molecule has 0 radical (unpaired) electrons. The number of nitrogens with one attached hydrogen (secondary N) is 1. The highest BCUT2D eigenvalue weighted by Crippen LogP contribution is 2.15. The van der Waals surface area contributed by atoms with Crippen LogP contribution in [-0.4, -0.2) is 18.6 Å². The van der Waals surface area contributed by atoms with Gasteiger partial charge in [0.05, 0.1) is 13.0 Å². The molecule has 0 saturated heterocycles. The minimum Gasteiger partial charge on any atom is -0.466 e. The van der Waals surface area contributed by atoms with E-state index in [2.05, 4.69) is 43.4 Å². The summed E-state index contributed by atoms with van der Waals surface area (Å²) in [6.07, 6.45) is 0.407. The van der Waals surface area contributed by atoms with Crippen LogP contribution in [0, 0.1) is 6.92 Å². The number of rotatable bonds is 6. The number of aryl methyl sites for hydroxylation is 1. The first kappa shape index (κ1) is 14.7. The zero-order valence-electron chi connectivity index (χ0n) is 11.7. The Kier molecular flexibility index (Phi) is 5.86. The molecule has 2 atom stereocenters. The minimum absolute atomic E-state index is 0.111. The summed E-state index contributed by atoms with van der Waals surface area (Å²) in [5, 5.41) is 3.41. The predicted octanol–water partition coefficient (Wildman–Crippen LogP) is 2.99. The summed E-state index contributed by atoms with van der Waals surface area (Å²) in [6, 6.07) is 8.74. The summed E-state index contributed by atoms with van der Waals surface area (Å²) in [5.74, 6) is -0.144. The van der Waals surface area contributed by atoms with E-state index in [1.807, 2.05) is 13.8 Å². The number of hydrogen-bond acceptors (Lipinski definition) is 3. The van der Waals surface area contributed by atoms with Crippen LogP contribution in [0.25, 0.3) is 0 Å². The number of carbonyl (C=O) groups excluding carboxylic acids is 1. The molecule has 1 N–H and O–H groups in total. The Morgan fingerprint density at radius 2 is 2.11 bits per heavy atom. The van der Waals surface area contributed by atoms with Crippen LogP contribution in [0.5, 0.6) is 0 Å². The smallest absolute Gasteiger partial charge is 0.307 e. The van der Waals surface area contributed by atoms with Gasteiger partial charge in [0.1, 0.15) is 0 Å². The number of benzene rings is 1. The van der Waals surface area contributed by atoms with Gasteiger partial charge in [-0.05, 0) is 33.3 Å². The van der Waals surface area contributed by atoms with Crippen molar-refractivity contribution in [2.45, 2.75) is 46.2 Å². The maximum absolute atomic E-state index is 11.4. The van der Waals surface area contributed by atoms with Crippen LogP contribution in [0.4, 0.5) is 0 Å². The molecule has 0 aliphatic heterocycles. The molecule has 0 bridgehead atoms. The van der Waals surface area contributed by atoms with Crippen LogP contribution < -0.4 is 5.32 Å². The van der Waals surface area contributed by atoms with E-state index >= 15 is 0 Å². The van der Waals surface area contributed by atoms with Crippen molar-refractivity contribution in [1.29, 1.82) is 0 Å². The van der Waals surface area contributed by atoms with Crippen LogP contribution in [-0.2, 0) is 9.53 Å². The van der Waals surface area contributed by atoms with Gasteiger partial charge in [0.25, 0.3) is 0 Å². The summed E-state index contributed by atoms with van der Waals surface area (Å²) >= 11 is 0. The molecule has 100 valence electrons. The Labute approximate surface area is 110 Å². The predicted molar refractivity (Wildman–Crippen MR) is 73.4 cm³/mol. The fourth-order valence-corrected chi connectivity index (χ4v) is 1.99. The first-order valence-electron chi connectivity index (χ1n) is 6.51. The van der Waals surface area contributed by atoms with E-state index in [0.29, 0.717) is 13.0 Å². The van der Waals surface area contributed by atoms with Gasteiger partial charge >= 0.3 is 5.97 Å². The fraction of sp³-hybridized carbons (Fsp3) is 0.533. The van der Waals surface area contributed by atoms with Crippen LogP contribution in [0.3, 0.4) is 0 Å². The molecule has 3 heteroatoms. The van der Waals surface area contributed by atoms with Crippen molar-refractivity contribution >= 4 is 5.97 Å². The van der Waals surface area contributed by atoms with Gasteiger partial charge in [-0.25, -0.2) is 0 Å². The highest BCUT2D eigenvalue weighted by molar-refractivity contribution is 5.70. The number of carbonyl (C=O) groups is 1. The number of esters is 1. The summed E-state index contributed by atoms with van der Waals surface area (Å²) in [6.45, 7) is 8.46. The Balaban J connectivity index is 2.49. The van der Waals surface area contributed by atoms with Gasteiger partial charge in [-0.1, -0.05) is 29.8 Å². The van der Waals surface area contributed by atoms with Crippen molar-refractivity contribution in [2.75, 3.05) is 6.61 Å². The van der Waals surface area contributed by atoms with Crippen molar-refractivity contribution in [3.63, 3.8) is 0 Å². The third kappa shape index (κ3) is 4.88. The van der Waals surface area contributed by atoms with Crippen LogP contribution in [0.15, 0.2) is 24.3 Å². The van der Waals surface area contributed by atoms with Gasteiger partial charge < -0.3 is 10.1 Å². The van der Waals surface area contributed by atoms with Gasteiger partial charge in [0, 0.05) is 12.1 Å². The van der Waals surface area contributed by atoms with E-state index in [1.165, 1.54) is 11.1 Å². The second kappa shape index (κ2) is 7.17. The van der Waals surface area contributed by atoms with E-state index in [-0.39, 0.29) is 18.1 Å². The molecular weight excluding hydrogens is 226 g/mol. The standard InChI is InChI=1S/C15H23NO2/c1-5-18-15(17)10-12(3)16-13(4)14-8-6-7-11(2)9-14/h6-9,12-13,16H,5,10H2,1-4H3/t12?,13-/m0/s1. The molecule has 1 aromatic rings. The topological polar surface area (TPSA) is 38.3 Å². The molecule has 1 aromatic carbocycles. The summed E-state index contributed by atoms with van der Waals surface area (Å²) < 4.78 is 4.94. The average molecular weight is 249 g/mol. The largest absolute Gasteiger partial charge is 0.466 e. The van der Waals surface area contributed by atoms with Gasteiger partial charge in [0.15, 0.2) is 0 Å². The van der Waals surface area contributed by atoms with Crippen molar-refractivity contribution in [2.24, 2.45) is 0 Å². The Morgan fingerprint density at radius 3 is 2.72 bits per heavy atom. The monoisotopic (exact) mass is 249 g/mol. The van der Waals surface area contributed by atoms with Crippen molar-refractivity contribution in [1.82, 2.24) is 5.32 Å². The second-order valence-corrected chi connectivity index (χ2v) is 4.71. The Bertz CT molecular complexity index is 390. The van der Waals surface area contributed by atoms with E-state index in [4.69, 9.17) is 4.74 Å². The zero-order valence-corrected chi connectivity index (χ0v) is 11.7. The lowest BCUT2D eigenvalue weighted by Crippen LogP contribution is -2.31. The molecule has 18 heavy (non-hydrogen) atoms. The average Bonchev–Trinajstić information content (AvgIpc) is 2.28. The fourth-order valence-electron chi connectivity index (χ4n) is 1.99. The Morgan fingerprint density at radius 1 is 1.39 bits per heavy atom. The van der Waals surface area contributed by atoms with Crippen LogP contribution >= 0.6 is 0 Å². The zero-order chi connectivity index (χ0) is 13.5. The van der Waals surface area contributed by atoms with Gasteiger partial charge in [0.2, 0.25) is 0 Å². The highest BCUT2D eigenvalue weighted by atomic mass is 16.5. The summed E-state index contributed by atoms with van der Waals surface area (Å²) in [5.41, 5.74) is 2.49. The lowest BCUT2D eigenvalue weighted by Gasteiger charge is -2.20. The van der Waals surface area contributed by atoms with Crippen molar-refractivity contribution in [3.05, 3.63) is 35.4 Å². The first-order valence-corrected chi connectivity index (χ1v) is 6.51. The lowest BCUT2D eigenvalue weighted by molar-refractivity contribution is -0.143. The minimum atomic E-state index is -0.144. The van der Waals surface area contributed by atoms with Crippen molar-refractivity contribution in [3.8, 4) is 0 Å².